The first-order valence-corrected chi connectivity index (χ1v) is 12.7. The molecule has 0 saturated heterocycles. The topological polar surface area (TPSA) is 124 Å². The van der Waals surface area contributed by atoms with Crippen LogP contribution in [0.5, 0.6) is 5.75 Å². The maximum atomic E-state index is 12.7. The van der Waals surface area contributed by atoms with Gasteiger partial charge in [0.25, 0.3) is 0 Å². The number of hydrogen-bond donors (Lipinski definition) is 3. The van der Waals surface area contributed by atoms with Crippen LogP contribution in [0.15, 0.2) is 51.3 Å². The minimum Gasteiger partial charge on any atom is -0.492 e. The molecule has 2 aromatic heterocycles. The summed E-state index contributed by atoms with van der Waals surface area (Å²) >= 11 is 0. The summed E-state index contributed by atoms with van der Waals surface area (Å²) in [5.74, 6) is 0.145. The highest BCUT2D eigenvalue weighted by molar-refractivity contribution is 6.11. The molecule has 10 nitrogen and oxygen atoms in total. The molecule has 0 saturated carbocycles. The van der Waals surface area contributed by atoms with E-state index in [1.807, 2.05) is 38.1 Å². The van der Waals surface area contributed by atoms with E-state index in [4.69, 9.17) is 18.4 Å². The average Bonchev–Trinajstić information content (AvgIpc) is 2.92. The van der Waals surface area contributed by atoms with Crippen LogP contribution in [0, 0.1) is 0 Å². The number of para-hydroxylation sites is 2. The van der Waals surface area contributed by atoms with Crippen molar-refractivity contribution in [3.8, 4) is 5.75 Å². The number of carbonyl (C=O) groups excluding carboxylic acids is 2. The number of amides is 2. The van der Waals surface area contributed by atoms with Crippen LogP contribution in [0.1, 0.15) is 40.5 Å². The molecule has 5 rings (SSSR count). The van der Waals surface area contributed by atoms with Crippen molar-refractivity contribution in [2.75, 3.05) is 23.8 Å². The lowest BCUT2D eigenvalue weighted by molar-refractivity contribution is -0.116. The first-order chi connectivity index (χ1) is 18.5. The second-order valence-electron chi connectivity index (χ2n) is 8.56. The molecule has 5 aromatic rings. The Morgan fingerprint density at radius 2 is 1.63 bits per heavy atom. The Morgan fingerprint density at radius 3 is 2.37 bits per heavy atom. The van der Waals surface area contributed by atoms with Gasteiger partial charge in [0.05, 0.1) is 23.3 Å². The summed E-state index contributed by atoms with van der Waals surface area (Å²) < 4.78 is 20.1. The molecule has 0 aliphatic heterocycles. The molecule has 0 atom stereocenters. The molecule has 198 valence electrons. The summed E-state index contributed by atoms with van der Waals surface area (Å²) in [5.41, 5.74) is 5.33. The third kappa shape index (κ3) is 4.49. The van der Waals surface area contributed by atoms with Gasteiger partial charge < -0.3 is 34.0 Å². The van der Waals surface area contributed by atoms with Crippen LogP contribution in [0.4, 0.5) is 11.4 Å². The second-order valence-corrected chi connectivity index (χ2v) is 8.56. The molecule has 0 aliphatic rings. The third-order valence-corrected chi connectivity index (χ3v) is 6.03. The monoisotopic (exact) mass is 518 g/mol. The van der Waals surface area contributed by atoms with Gasteiger partial charge in [0.1, 0.15) is 23.6 Å². The van der Waals surface area contributed by atoms with Gasteiger partial charge in [-0.2, -0.15) is 4.73 Å². The summed E-state index contributed by atoms with van der Waals surface area (Å²) in [6.45, 7) is 8.10. The Bertz CT molecular complexity index is 1720. The summed E-state index contributed by atoms with van der Waals surface area (Å²) in [7, 11) is 0. The molecule has 38 heavy (non-hydrogen) atoms. The first-order valence-electron chi connectivity index (χ1n) is 12.7. The van der Waals surface area contributed by atoms with E-state index in [1.54, 1.807) is 36.8 Å². The maximum Gasteiger partial charge on any atom is 0.224 e. The average molecular weight is 519 g/mol. The minimum absolute atomic E-state index is 0.134. The number of benzene rings is 3. The standard InChI is InChI=1S/C28H30N4O6/c1-5-24(33)30-16-13-17-22(15-21(16)35-7-3)38-28-18(29-17)14-23-27(26(28)31-25(34)6-2)32(36-8-4)19-11-9-10-12-20(19)37-23/h9-15,29H,5-8H2,1-4H3,(H,30,33)(H,31,34). The number of fused-ring (bicyclic) bond motifs is 4. The molecular weight excluding hydrogens is 488 g/mol. The van der Waals surface area contributed by atoms with Crippen molar-refractivity contribution in [3.63, 3.8) is 0 Å². The van der Waals surface area contributed by atoms with Gasteiger partial charge in [-0.15, -0.1) is 0 Å². The molecule has 0 spiro atoms. The maximum absolute atomic E-state index is 12.7. The number of nitrogens with zero attached hydrogens (tertiary/aromatic N) is 1. The van der Waals surface area contributed by atoms with Gasteiger partial charge >= 0.3 is 0 Å². The van der Waals surface area contributed by atoms with Crippen LogP contribution in [-0.4, -0.2) is 34.7 Å². The lowest BCUT2D eigenvalue weighted by Gasteiger charge is -2.19. The Kier molecular flexibility index (Phi) is 6.87. The molecule has 3 aromatic carbocycles. The van der Waals surface area contributed by atoms with Crippen LogP contribution in [-0.2, 0) is 9.59 Å². The zero-order chi connectivity index (χ0) is 26.8. The van der Waals surface area contributed by atoms with Crippen LogP contribution in [0.25, 0.3) is 44.4 Å². The van der Waals surface area contributed by atoms with Gasteiger partial charge in [-0.25, -0.2) is 0 Å². The molecule has 0 radical (unpaired) electrons. The normalized spacial score (nSPS) is 11.3. The Hall–Kier alpha value is -4.60. The van der Waals surface area contributed by atoms with Gasteiger partial charge in [0.2, 0.25) is 11.8 Å². The number of aromatic amines is 1. The molecule has 2 amide bonds. The molecule has 0 aliphatic carbocycles. The van der Waals surface area contributed by atoms with Crippen molar-refractivity contribution >= 4 is 67.6 Å². The van der Waals surface area contributed by atoms with Gasteiger partial charge in [0, 0.05) is 25.0 Å². The second kappa shape index (κ2) is 10.4. The lowest BCUT2D eigenvalue weighted by atomic mass is 10.2. The van der Waals surface area contributed by atoms with E-state index in [9.17, 15) is 9.59 Å². The van der Waals surface area contributed by atoms with Gasteiger partial charge in [0.15, 0.2) is 27.8 Å². The number of anilines is 2. The molecule has 10 heteroatoms. The van der Waals surface area contributed by atoms with Crippen LogP contribution in [0.3, 0.4) is 0 Å². The third-order valence-electron chi connectivity index (χ3n) is 6.03. The fraction of sp³-hybridized carbons (Fsp3) is 0.286. The van der Waals surface area contributed by atoms with Crippen LogP contribution >= 0.6 is 0 Å². The molecule has 0 fully saturated rings. The molecule has 0 bridgehead atoms. The highest BCUT2D eigenvalue weighted by Gasteiger charge is 2.21. The lowest BCUT2D eigenvalue weighted by Crippen LogP contribution is -2.17. The molecule has 3 N–H and O–H groups in total. The molecule has 2 heterocycles. The van der Waals surface area contributed by atoms with Crippen LogP contribution < -0.4 is 20.2 Å². The van der Waals surface area contributed by atoms with E-state index in [2.05, 4.69) is 15.6 Å². The highest BCUT2D eigenvalue weighted by Crippen LogP contribution is 2.38. The molecular formula is C28H30N4O6. The summed E-state index contributed by atoms with van der Waals surface area (Å²) in [6.07, 6.45) is 0.598. The summed E-state index contributed by atoms with van der Waals surface area (Å²) in [4.78, 5) is 34.2. The van der Waals surface area contributed by atoms with E-state index in [0.717, 1.165) is 0 Å². The van der Waals surface area contributed by atoms with Crippen molar-refractivity contribution in [1.82, 2.24) is 9.71 Å². The highest BCUT2D eigenvalue weighted by atomic mass is 16.7. The van der Waals surface area contributed by atoms with Gasteiger partial charge in [-0.1, -0.05) is 26.0 Å². The zero-order valence-electron chi connectivity index (χ0n) is 21.8. The molecule has 0 unspecified atom stereocenters. The van der Waals surface area contributed by atoms with E-state index in [0.29, 0.717) is 81.2 Å². The van der Waals surface area contributed by atoms with E-state index < -0.39 is 0 Å². The quantitative estimate of drug-likeness (QED) is 0.208. The summed E-state index contributed by atoms with van der Waals surface area (Å²) in [6, 6.07) is 12.8. The number of aromatic nitrogens is 2. The predicted octanol–water partition coefficient (Wildman–Crippen LogP) is 6.28. The smallest absolute Gasteiger partial charge is 0.224 e. The van der Waals surface area contributed by atoms with E-state index in [-0.39, 0.29) is 18.2 Å². The Balaban J connectivity index is 1.87. The SMILES string of the molecule is CCOc1cc2oc3c(NC(=O)CC)c4c(cc3[nH]c2cc1NC(=O)CC)oc1ccccc1n4OCC. The van der Waals surface area contributed by atoms with E-state index >= 15 is 0 Å². The van der Waals surface area contributed by atoms with E-state index in [1.165, 1.54) is 0 Å². The number of ether oxygens (including phenoxy) is 1. The number of carbonyl (C=O) groups is 2. The Labute approximate surface area is 218 Å². The first kappa shape index (κ1) is 25.1. The zero-order valence-corrected chi connectivity index (χ0v) is 21.8. The van der Waals surface area contributed by atoms with Crippen molar-refractivity contribution < 1.29 is 28.0 Å². The number of nitrogens with one attached hydrogen (secondary N) is 3. The Morgan fingerprint density at radius 1 is 0.868 bits per heavy atom. The number of rotatable bonds is 8. The van der Waals surface area contributed by atoms with Crippen molar-refractivity contribution in [2.24, 2.45) is 0 Å². The minimum atomic E-state index is -0.196. The fourth-order valence-corrected chi connectivity index (χ4v) is 4.28. The van der Waals surface area contributed by atoms with Crippen molar-refractivity contribution in [3.05, 3.63) is 42.5 Å². The van der Waals surface area contributed by atoms with Crippen LogP contribution in [0.2, 0.25) is 0 Å². The number of H-pyrrole nitrogens is 1. The van der Waals surface area contributed by atoms with Gasteiger partial charge in [-0.05, 0) is 32.0 Å². The largest absolute Gasteiger partial charge is 0.492 e. The predicted molar refractivity (Wildman–Crippen MR) is 147 cm³/mol. The summed E-state index contributed by atoms with van der Waals surface area (Å²) in [5, 5.41) is 5.87. The van der Waals surface area contributed by atoms with Crippen molar-refractivity contribution in [1.29, 1.82) is 0 Å². The fourth-order valence-electron chi connectivity index (χ4n) is 4.28. The van der Waals surface area contributed by atoms with Crippen molar-refractivity contribution in [2.45, 2.75) is 40.5 Å². The van der Waals surface area contributed by atoms with Gasteiger partial charge in [-0.3, -0.25) is 9.59 Å². The number of hydrogen-bond acceptors (Lipinski definition) is 6.